The van der Waals surface area contributed by atoms with Crippen LogP contribution in [0.5, 0.6) is 11.6 Å². The van der Waals surface area contributed by atoms with E-state index in [9.17, 15) is 4.79 Å². The van der Waals surface area contributed by atoms with Crippen LogP contribution in [0.1, 0.15) is 4.79 Å². The van der Waals surface area contributed by atoms with E-state index in [4.69, 9.17) is 4.74 Å². The van der Waals surface area contributed by atoms with Gasteiger partial charge in [-0.1, -0.05) is 23.9 Å². The molecule has 0 radical (unpaired) electrons. The molecule has 0 atom stereocenters. The molecule has 2 aromatic carbocycles. The number of hydrogen-bond donors (Lipinski definition) is 1. The van der Waals surface area contributed by atoms with Gasteiger partial charge in [0, 0.05) is 29.4 Å². The highest BCUT2D eigenvalue weighted by molar-refractivity contribution is 5.96. The lowest BCUT2D eigenvalue weighted by Crippen LogP contribution is -2.08. The van der Waals surface area contributed by atoms with Gasteiger partial charge in [0.1, 0.15) is 22.3 Å². The molecule has 0 aliphatic heterocycles. The monoisotopic (exact) mass is 433 g/mol. The minimum absolute atomic E-state index is 0.319. The number of carbonyl (C=O) groups is 1. The second-order valence-corrected chi connectivity index (χ2v) is 7.31. The van der Waals surface area contributed by atoms with Crippen molar-refractivity contribution in [1.82, 2.24) is 34.9 Å². The molecule has 4 aromatic heterocycles. The highest BCUT2D eigenvalue weighted by Gasteiger charge is 2.14. The quantitative estimate of drug-likeness (QED) is 0.406. The van der Waals surface area contributed by atoms with Gasteiger partial charge in [0.15, 0.2) is 5.65 Å². The summed E-state index contributed by atoms with van der Waals surface area (Å²) < 4.78 is 7.13. The number of carbonyl (C=O) groups excluding carboxylic acids is 1. The van der Waals surface area contributed by atoms with Crippen molar-refractivity contribution in [3.8, 4) is 22.8 Å². The molecule has 1 N–H and O–H groups in total. The van der Waals surface area contributed by atoms with Crippen LogP contribution in [-0.2, 0) is 0 Å². The van der Waals surface area contributed by atoms with Gasteiger partial charge in [-0.05, 0) is 42.0 Å². The maximum atomic E-state index is 12.0. The predicted octanol–water partition coefficient (Wildman–Crippen LogP) is 4.54. The number of H-pyrrole nitrogens is 1. The number of ether oxygens (including phenoxy) is 1. The van der Waals surface area contributed by atoms with E-state index in [0.717, 1.165) is 22.0 Å². The lowest BCUT2D eigenvalue weighted by Gasteiger charge is -2.06. The number of aromatic amines is 1. The number of hydrogen-bond acceptors (Lipinski definition) is 7. The number of allylic oxidation sites excluding steroid dienone is 1. The minimum Gasteiger partial charge on any atom is -0.437 e. The predicted molar refractivity (Wildman–Crippen MR) is 123 cm³/mol. The smallest absolute Gasteiger partial charge is 0.272 e. The summed E-state index contributed by atoms with van der Waals surface area (Å²) in [7, 11) is 0. The molecule has 0 saturated carbocycles. The average Bonchev–Trinajstić information content (AvgIpc) is 3.47. The van der Waals surface area contributed by atoms with Crippen LogP contribution in [-0.4, -0.2) is 40.8 Å². The van der Waals surface area contributed by atoms with Crippen molar-refractivity contribution < 1.29 is 9.53 Å². The molecular weight excluding hydrogens is 418 g/mol. The molecule has 0 unspecified atom stereocenters. The summed E-state index contributed by atoms with van der Waals surface area (Å²) in [6, 6.07) is 15.1. The largest absolute Gasteiger partial charge is 0.437 e. The minimum atomic E-state index is -0.376. The molecule has 4 heterocycles. The van der Waals surface area contributed by atoms with Crippen LogP contribution in [0.15, 0.2) is 79.8 Å². The molecule has 6 rings (SSSR count). The van der Waals surface area contributed by atoms with E-state index >= 15 is 0 Å². The summed E-state index contributed by atoms with van der Waals surface area (Å²) >= 11 is 0. The Morgan fingerprint density at radius 3 is 2.91 bits per heavy atom. The standard InChI is InChI=1S/C24H15N7O2/c1-2-22(32)31-20-11-16(6-8-19(20)29-30-31)33-21-13-27-24-23(28-21)17(12-26-24)14-5-7-18-15(10-14)4-3-9-25-18/h2-13H,1H2,(H,26,27). The first-order valence-corrected chi connectivity index (χ1v) is 10.1. The van der Waals surface area contributed by atoms with E-state index in [0.29, 0.717) is 33.8 Å². The van der Waals surface area contributed by atoms with Crippen molar-refractivity contribution in [1.29, 1.82) is 0 Å². The fourth-order valence-corrected chi connectivity index (χ4v) is 3.72. The summed E-state index contributed by atoms with van der Waals surface area (Å²) in [4.78, 5) is 28.7. The first-order valence-electron chi connectivity index (χ1n) is 10.1. The Balaban J connectivity index is 1.39. The van der Waals surface area contributed by atoms with Crippen molar-refractivity contribution in [2.24, 2.45) is 0 Å². The van der Waals surface area contributed by atoms with Crippen LogP contribution >= 0.6 is 0 Å². The second kappa shape index (κ2) is 7.34. The van der Waals surface area contributed by atoms with Crippen LogP contribution in [0.3, 0.4) is 0 Å². The van der Waals surface area contributed by atoms with Crippen molar-refractivity contribution in [2.45, 2.75) is 0 Å². The van der Waals surface area contributed by atoms with E-state index in [2.05, 4.69) is 42.9 Å². The molecule has 0 amide bonds. The molecule has 33 heavy (non-hydrogen) atoms. The Bertz CT molecular complexity index is 1700. The van der Waals surface area contributed by atoms with Crippen LogP contribution < -0.4 is 4.74 Å². The van der Waals surface area contributed by atoms with Gasteiger partial charge < -0.3 is 9.72 Å². The van der Waals surface area contributed by atoms with Gasteiger partial charge in [0.2, 0.25) is 5.88 Å². The van der Waals surface area contributed by atoms with Crippen LogP contribution in [0.2, 0.25) is 0 Å². The van der Waals surface area contributed by atoms with Crippen molar-refractivity contribution >= 4 is 39.0 Å². The lowest BCUT2D eigenvalue weighted by atomic mass is 10.1. The van der Waals surface area contributed by atoms with E-state index < -0.39 is 0 Å². The first kappa shape index (κ1) is 18.8. The normalized spacial score (nSPS) is 11.3. The van der Waals surface area contributed by atoms with Crippen molar-refractivity contribution in [3.63, 3.8) is 0 Å². The molecule has 6 aromatic rings. The molecule has 9 heteroatoms. The molecule has 9 nitrogen and oxygen atoms in total. The van der Waals surface area contributed by atoms with Gasteiger partial charge in [0.25, 0.3) is 5.91 Å². The highest BCUT2D eigenvalue weighted by Crippen LogP contribution is 2.31. The molecule has 0 spiro atoms. The fraction of sp³-hybridized carbons (Fsp3) is 0. The number of aromatic nitrogens is 7. The van der Waals surface area contributed by atoms with E-state index in [1.165, 1.54) is 10.8 Å². The Hall–Kier alpha value is -4.92. The van der Waals surface area contributed by atoms with Gasteiger partial charge in [-0.15, -0.1) is 5.10 Å². The summed E-state index contributed by atoms with van der Waals surface area (Å²) in [5.74, 6) is 0.420. The zero-order valence-electron chi connectivity index (χ0n) is 17.1. The summed E-state index contributed by atoms with van der Waals surface area (Å²) in [5, 5.41) is 8.90. The molecule has 0 aliphatic rings. The first-order chi connectivity index (χ1) is 16.2. The van der Waals surface area contributed by atoms with Gasteiger partial charge in [-0.2, -0.15) is 4.68 Å². The Morgan fingerprint density at radius 1 is 1.09 bits per heavy atom. The Morgan fingerprint density at radius 2 is 2.00 bits per heavy atom. The SMILES string of the molecule is C=CC(=O)n1nnc2ccc(Oc3cnc4[nH]cc(-c5ccc6ncccc6c5)c4n3)cc21. The Labute approximate surface area is 186 Å². The van der Waals surface area contributed by atoms with Crippen molar-refractivity contribution in [3.05, 3.63) is 79.8 Å². The zero-order valence-corrected chi connectivity index (χ0v) is 17.1. The highest BCUT2D eigenvalue weighted by atomic mass is 16.5. The third kappa shape index (κ3) is 3.19. The van der Waals surface area contributed by atoms with Crippen molar-refractivity contribution in [2.75, 3.05) is 0 Å². The average molecular weight is 433 g/mol. The van der Waals surface area contributed by atoms with Gasteiger partial charge in [-0.25, -0.2) is 9.97 Å². The number of benzene rings is 2. The topological polar surface area (TPSA) is 111 Å². The third-order valence-electron chi connectivity index (χ3n) is 5.30. The zero-order chi connectivity index (χ0) is 22.4. The molecular formula is C24H15N7O2. The van der Waals surface area contributed by atoms with E-state index in [-0.39, 0.29) is 5.91 Å². The van der Waals surface area contributed by atoms with Gasteiger partial charge >= 0.3 is 0 Å². The number of pyridine rings is 1. The lowest BCUT2D eigenvalue weighted by molar-refractivity contribution is 0.0957. The van der Waals surface area contributed by atoms with Crippen LogP contribution in [0.25, 0.3) is 44.2 Å². The van der Waals surface area contributed by atoms with Gasteiger partial charge in [0.05, 0.1) is 11.7 Å². The maximum Gasteiger partial charge on any atom is 0.272 e. The van der Waals surface area contributed by atoms with Crippen LogP contribution in [0, 0.1) is 0 Å². The molecule has 0 fully saturated rings. The number of nitrogens with zero attached hydrogens (tertiary/aromatic N) is 6. The fourth-order valence-electron chi connectivity index (χ4n) is 3.72. The summed E-state index contributed by atoms with van der Waals surface area (Å²) in [6.45, 7) is 3.49. The third-order valence-corrected chi connectivity index (χ3v) is 5.30. The second-order valence-electron chi connectivity index (χ2n) is 7.31. The number of nitrogens with one attached hydrogen (secondary N) is 1. The molecule has 158 valence electrons. The van der Waals surface area contributed by atoms with E-state index in [1.54, 1.807) is 30.6 Å². The van der Waals surface area contributed by atoms with Crippen LogP contribution in [0.4, 0.5) is 0 Å². The summed E-state index contributed by atoms with van der Waals surface area (Å²) in [5.41, 5.74) is 5.24. The molecule has 0 aliphatic carbocycles. The number of fused-ring (bicyclic) bond motifs is 3. The van der Waals surface area contributed by atoms with Gasteiger partial charge in [-0.3, -0.25) is 9.78 Å². The molecule has 0 bridgehead atoms. The molecule has 0 saturated heterocycles. The summed E-state index contributed by atoms with van der Waals surface area (Å²) in [6.07, 6.45) is 6.37. The Kier molecular flexibility index (Phi) is 4.19. The number of rotatable bonds is 4. The van der Waals surface area contributed by atoms with E-state index in [1.807, 2.05) is 30.5 Å². The maximum absolute atomic E-state index is 12.0.